The lowest BCUT2D eigenvalue weighted by Crippen LogP contribution is -2.28. The van der Waals surface area contributed by atoms with Gasteiger partial charge in [-0.15, -0.1) is 0 Å². The predicted molar refractivity (Wildman–Crippen MR) is 129 cm³/mol. The van der Waals surface area contributed by atoms with Crippen LogP contribution in [0.5, 0.6) is 0 Å². The third kappa shape index (κ3) is 20.0. The molecule has 2 atom stereocenters. The third-order valence-corrected chi connectivity index (χ3v) is 6.83. The first-order valence-corrected chi connectivity index (χ1v) is 14.2. The van der Waals surface area contributed by atoms with E-state index in [-0.39, 0.29) is 6.61 Å². The number of rotatable bonds is 23. The molecule has 5 nitrogen and oxygen atoms in total. The van der Waals surface area contributed by atoms with E-state index in [2.05, 4.69) is 18.7 Å². The Balaban J connectivity index is 3.47. The van der Waals surface area contributed by atoms with Crippen LogP contribution in [-0.2, 0) is 13.6 Å². The first-order chi connectivity index (χ1) is 14.4. The van der Waals surface area contributed by atoms with Gasteiger partial charge in [-0.3, -0.25) is 9.05 Å². The molecular formula is C24H52NO4P. The molecular weight excluding hydrogens is 397 g/mol. The Bertz CT molecular complexity index is 407. The molecule has 0 saturated heterocycles. The molecule has 0 aliphatic carbocycles. The summed E-state index contributed by atoms with van der Waals surface area (Å²) in [5.74, 6) is 0. The van der Waals surface area contributed by atoms with Crippen molar-refractivity contribution in [1.29, 1.82) is 0 Å². The quantitative estimate of drug-likeness (QED) is 0.128. The molecule has 0 radical (unpaired) electrons. The van der Waals surface area contributed by atoms with Crippen LogP contribution >= 0.6 is 7.82 Å². The zero-order chi connectivity index (χ0) is 22.5. The van der Waals surface area contributed by atoms with Gasteiger partial charge in [0.1, 0.15) is 0 Å². The predicted octanol–water partition coefficient (Wildman–Crippen LogP) is 7.72. The summed E-state index contributed by atoms with van der Waals surface area (Å²) < 4.78 is 22.2. The van der Waals surface area contributed by atoms with Crippen molar-refractivity contribution in [1.82, 2.24) is 4.90 Å². The van der Waals surface area contributed by atoms with Gasteiger partial charge >= 0.3 is 7.82 Å². The van der Waals surface area contributed by atoms with Gasteiger partial charge in [-0.05, 0) is 33.4 Å². The highest BCUT2D eigenvalue weighted by Gasteiger charge is 2.21. The van der Waals surface area contributed by atoms with E-state index in [1.807, 2.05) is 14.1 Å². The van der Waals surface area contributed by atoms with Crippen molar-refractivity contribution in [3.63, 3.8) is 0 Å². The zero-order valence-electron chi connectivity index (χ0n) is 20.6. The molecule has 0 spiro atoms. The molecule has 0 bridgehead atoms. The molecule has 0 saturated carbocycles. The Morgan fingerprint density at radius 3 is 1.53 bits per heavy atom. The van der Waals surface area contributed by atoms with Gasteiger partial charge in [0, 0.05) is 6.04 Å². The summed E-state index contributed by atoms with van der Waals surface area (Å²) in [6.45, 7) is 4.98. The van der Waals surface area contributed by atoms with Crippen LogP contribution in [-0.4, -0.2) is 43.1 Å². The van der Waals surface area contributed by atoms with E-state index in [0.29, 0.717) is 12.6 Å². The highest BCUT2D eigenvalue weighted by Crippen LogP contribution is 2.43. The fraction of sp³-hybridized carbons (Fsp3) is 1.00. The van der Waals surface area contributed by atoms with Crippen molar-refractivity contribution in [3.8, 4) is 0 Å². The van der Waals surface area contributed by atoms with E-state index in [9.17, 15) is 9.46 Å². The van der Waals surface area contributed by atoms with Crippen LogP contribution in [0.1, 0.15) is 123 Å². The molecule has 0 aromatic carbocycles. The highest BCUT2D eigenvalue weighted by molar-refractivity contribution is 7.47. The van der Waals surface area contributed by atoms with E-state index >= 15 is 0 Å². The second-order valence-electron chi connectivity index (χ2n) is 8.93. The first-order valence-electron chi connectivity index (χ1n) is 12.7. The number of hydrogen-bond acceptors (Lipinski definition) is 4. The normalized spacial score (nSPS) is 14.9. The molecule has 0 amide bonds. The van der Waals surface area contributed by atoms with Gasteiger partial charge in [-0.2, -0.15) is 0 Å². The minimum Gasteiger partial charge on any atom is -0.306 e. The second-order valence-corrected chi connectivity index (χ2v) is 10.4. The van der Waals surface area contributed by atoms with Crippen LogP contribution in [0.2, 0.25) is 0 Å². The van der Waals surface area contributed by atoms with Crippen molar-refractivity contribution in [2.24, 2.45) is 0 Å². The summed E-state index contributed by atoms with van der Waals surface area (Å²) in [5.41, 5.74) is 0. The van der Waals surface area contributed by atoms with Crippen LogP contribution in [0.25, 0.3) is 0 Å². The molecule has 30 heavy (non-hydrogen) atoms. The Kier molecular flexibility index (Phi) is 21.0. The van der Waals surface area contributed by atoms with Gasteiger partial charge in [0.15, 0.2) is 0 Å². The highest BCUT2D eigenvalue weighted by atomic mass is 31.2. The van der Waals surface area contributed by atoms with Crippen molar-refractivity contribution in [3.05, 3.63) is 0 Å². The first kappa shape index (κ1) is 30.1. The Morgan fingerprint density at radius 2 is 1.10 bits per heavy atom. The Labute approximate surface area is 187 Å². The molecule has 1 N–H and O–H groups in total. The number of phosphoric acid groups is 1. The van der Waals surface area contributed by atoms with E-state index in [1.165, 1.54) is 77.0 Å². The standard InChI is InChI=1S/C24H52NO4P/c1-5-7-8-9-10-11-12-13-14-15-16-17-18-19-22-28-30(26,27)29-23-21-24(20-6-2)25(3)4/h24H,5-23H2,1-4H3,(H,26,27). The molecule has 0 aromatic heterocycles. The number of phosphoric ester groups is 1. The average Bonchev–Trinajstić information content (AvgIpc) is 2.70. The molecule has 2 unspecified atom stereocenters. The second kappa shape index (κ2) is 20.9. The van der Waals surface area contributed by atoms with Gasteiger partial charge in [-0.25, -0.2) is 4.57 Å². The van der Waals surface area contributed by atoms with Crippen molar-refractivity contribution in [2.45, 2.75) is 129 Å². The van der Waals surface area contributed by atoms with E-state index in [1.54, 1.807) is 0 Å². The minimum atomic E-state index is -3.90. The Morgan fingerprint density at radius 1 is 0.667 bits per heavy atom. The van der Waals surface area contributed by atoms with Crippen molar-refractivity contribution in [2.75, 3.05) is 27.3 Å². The molecule has 6 heteroatoms. The lowest BCUT2D eigenvalue weighted by molar-refractivity contribution is 0.132. The topological polar surface area (TPSA) is 59.0 Å². The lowest BCUT2D eigenvalue weighted by atomic mass is 10.0. The van der Waals surface area contributed by atoms with Gasteiger partial charge in [0.25, 0.3) is 0 Å². The average molecular weight is 450 g/mol. The minimum absolute atomic E-state index is 0.259. The van der Waals surface area contributed by atoms with Crippen LogP contribution in [0.4, 0.5) is 0 Å². The molecule has 0 heterocycles. The molecule has 0 fully saturated rings. The molecule has 0 aliphatic heterocycles. The Hall–Kier alpha value is 0.0700. The van der Waals surface area contributed by atoms with Crippen molar-refractivity contribution < 1.29 is 18.5 Å². The summed E-state index contributed by atoms with van der Waals surface area (Å²) in [4.78, 5) is 11.9. The smallest absolute Gasteiger partial charge is 0.306 e. The van der Waals surface area contributed by atoms with Crippen LogP contribution in [0.3, 0.4) is 0 Å². The van der Waals surface area contributed by atoms with Crippen molar-refractivity contribution >= 4 is 7.82 Å². The summed E-state index contributed by atoms with van der Waals surface area (Å²) in [7, 11) is 0.163. The molecule has 0 aromatic rings. The summed E-state index contributed by atoms with van der Waals surface area (Å²) in [6, 6.07) is 0.376. The molecule has 0 aliphatic rings. The lowest BCUT2D eigenvalue weighted by Gasteiger charge is -2.24. The number of nitrogens with zero attached hydrogens (tertiary/aromatic N) is 1. The van der Waals surface area contributed by atoms with Crippen LogP contribution in [0, 0.1) is 0 Å². The van der Waals surface area contributed by atoms with Crippen LogP contribution in [0.15, 0.2) is 0 Å². The number of unbranched alkanes of at least 4 members (excludes halogenated alkanes) is 13. The number of hydrogen-bond donors (Lipinski definition) is 1. The maximum atomic E-state index is 12.0. The molecule has 182 valence electrons. The maximum Gasteiger partial charge on any atom is 0.472 e. The van der Waals surface area contributed by atoms with Gasteiger partial charge in [0.05, 0.1) is 13.2 Å². The van der Waals surface area contributed by atoms with Gasteiger partial charge in [0.2, 0.25) is 0 Å². The zero-order valence-corrected chi connectivity index (χ0v) is 21.5. The van der Waals surface area contributed by atoms with E-state index in [0.717, 1.165) is 32.1 Å². The van der Waals surface area contributed by atoms with Gasteiger partial charge < -0.3 is 9.79 Å². The van der Waals surface area contributed by atoms with E-state index in [4.69, 9.17) is 9.05 Å². The largest absolute Gasteiger partial charge is 0.472 e. The SMILES string of the molecule is CCCCCCCCCCCCCCCCOP(=O)(O)OCCC(CCC)N(C)C. The maximum absolute atomic E-state index is 12.0. The van der Waals surface area contributed by atoms with Crippen LogP contribution < -0.4 is 0 Å². The summed E-state index contributed by atoms with van der Waals surface area (Å²) in [6.07, 6.45) is 21.0. The third-order valence-electron chi connectivity index (χ3n) is 5.81. The fourth-order valence-corrected chi connectivity index (χ4v) is 4.58. The summed E-state index contributed by atoms with van der Waals surface area (Å²) >= 11 is 0. The van der Waals surface area contributed by atoms with E-state index < -0.39 is 7.82 Å². The van der Waals surface area contributed by atoms with Gasteiger partial charge in [-0.1, -0.05) is 104 Å². The monoisotopic (exact) mass is 449 g/mol. The fourth-order valence-electron chi connectivity index (χ4n) is 3.81. The molecule has 0 rings (SSSR count). The summed E-state index contributed by atoms with van der Waals surface area (Å²) in [5, 5.41) is 0.